The highest BCUT2D eigenvalue weighted by atomic mass is 16.6. The first-order valence-corrected chi connectivity index (χ1v) is 4.11. The van der Waals surface area contributed by atoms with E-state index in [1.54, 1.807) is 13.3 Å². The molecule has 2 N–H and O–H groups in total. The number of ether oxygens (including phenoxy) is 1. The van der Waals surface area contributed by atoms with Gasteiger partial charge in [-0.2, -0.15) is 5.10 Å². The number of nitrogens with one attached hydrogen (secondary N) is 2. The summed E-state index contributed by atoms with van der Waals surface area (Å²) in [6, 6.07) is 0. The van der Waals surface area contributed by atoms with Crippen molar-refractivity contribution in [3.05, 3.63) is 0 Å². The maximum Gasteiger partial charge on any atom is 0.407 e. The van der Waals surface area contributed by atoms with Gasteiger partial charge in [-0.3, -0.25) is 0 Å². The first kappa shape index (κ1) is 11.7. The number of amides is 1. The molecule has 0 aliphatic carbocycles. The molecule has 76 valence electrons. The van der Waals surface area contributed by atoms with Gasteiger partial charge in [0, 0.05) is 13.3 Å². The van der Waals surface area contributed by atoms with E-state index in [9.17, 15) is 4.79 Å². The Morgan fingerprint density at radius 1 is 1.54 bits per heavy atom. The predicted octanol–water partition coefficient (Wildman–Crippen LogP) is 0.716. The minimum Gasteiger partial charge on any atom is -0.444 e. The molecule has 0 radical (unpaired) electrons. The number of rotatable bonds is 3. The molecule has 5 heteroatoms. The van der Waals surface area contributed by atoms with Crippen LogP contribution in [0.2, 0.25) is 0 Å². The third kappa shape index (κ3) is 8.65. The number of hydrogen-bond donors (Lipinski definition) is 2. The van der Waals surface area contributed by atoms with Gasteiger partial charge >= 0.3 is 6.09 Å². The minimum absolute atomic E-state index is 0.357. The van der Waals surface area contributed by atoms with E-state index in [2.05, 4.69) is 15.8 Å². The quantitative estimate of drug-likeness (QED) is 0.505. The van der Waals surface area contributed by atoms with Crippen LogP contribution in [-0.2, 0) is 4.74 Å². The molecule has 0 aromatic rings. The van der Waals surface area contributed by atoms with E-state index < -0.39 is 11.7 Å². The smallest absolute Gasteiger partial charge is 0.407 e. The topological polar surface area (TPSA) is 62.7 Å². The Labute approximate surface area is 78.5 Å². The van der Waals surface area contributed by atoms with Crippen LogP contribution in [0, 0.1) is 0 Å². The second-order valence-electron chi connectivity index (χ2n) is 3.42. The monoisotopic (exact) mass is 187 g/mol. The van der Waals surface area contributed by atoms with Crippen LogP contribution in [0.3, 0.4) is 0 Å². The molecule has 13 heavy (non-hydrogen) atoms. The average Bonchev–Trinajstić information content (AvgIpc) is 1.94. The molecule has 0 saturated carbocycles. The van der Waals surface area contributed by atoms with Crippen LogP contribution in [-0.4, -0.2) is 31.5 Å². The van der Waals surface area contributed by atoms with E-state index in [0.717, 1.165) is 0 Å². The maximum atomic E-state index is 11.0. The van der Waals surface area contributed by atoms with E-state index in [1.807, 2.05) is 20.8 Å². The van der Waals surface area contributed by atoms with Gasteiger partial charge in [-0.25, -0.2) is 4.79 Å². The van der Waals surface area contributed by atoms with Gasteiger partial charge in [-0.1, -0.05) is 0 Å². The maximum absolute atomic E-state index is 11.0. The van der Waals surface area contributed by atoms with Gasteiger partial charge < -0.3 is 15.5 Å². The standard InChI is InChI=1S/C8H17N3O2/c1-8(2,3)13-7(12)10-5-6-11-9-4/h6,9H,5H2,1-4H3,(H,10,12)/b11-6+. The molecule has 0 saturated heterocycles. The summed E-state index contributed by atoms with van der Waals surface area (Å²) < 4.78 is 4.99. The molecule has 5 nitrogen and oxygen atoms in total. The van der Waals surface area contributed by atoms with Crippen molar-refractivity contribution in [1.82, 2.24) is 10.7 Å². The molecule has 1 amide bonds. The van der Waals surface area contributed by atoms with Crippen molar-refractivity contribution >= 4 is 12.3 Å². The minimum atomic E-state index is -0.454. The lowest BCUT2D eigenvalue weighted by Gasteiger charge is -2.19. The van der Waals surface area contributed by atoms with Gasteiger partial charge in [-0.05, 0) is 20.8 Å². The number of hydrogen-bond acceptors (Lipinski definition) is 4. The summed E-state index contributed by atoms with van der Waals surface area (Å²) in [5, 5.41) is 6.22. The molecule has 0 aliphatic rings. The van der Waals surface area contributed by atoms with Crippen molar-refractivity contribution < 1.29 is 9.53 Å². The molecular formula is C8H17N3O2. The summed E-state index contributed by atoms with van der Waals surface area (Å²) in [6.07, 6.45) is 1.11. The van der Waals surface area contributed by atoms with Gasteiger partial charge in [0.05, 0.1) is 6.54 Å². The summed E-state index contributed by atoms with van der Waals surface area (Å²) >= 11 is 0. The van der Waals surface area contributed by atoms with Crippen LogP contribution < -0.4 is 10.7 Å². The Hall–Kier alpha value is -1.26. The first-order chi connectivity index (χ1) is 5.95. The van der Waals surface area contributed by atoms with Crippen molar-refractivity contribution in [2.75, 3.05) is 13.6 Å². The Bertz CT molecular complexity index is 184. The zero-order chi connectivity index (χ0) is 10.3. The second kappa shape index (κ2) is 5.40. The van der Waals surface area contributed by atoms with Crippen LogP contribution >= 0.6 is 0 Å². The molecule has 0 aromatic heterocycles. The molecular weight excluding hydrogens is 170 g/mol. The van der Waals surface area contributed by atoms with E-state index in [1.165, 1.54) is 0 Å². The zero-order valence-electron chi connectivity index (χ0n) is 8.55. The van der Waals surface area contributed by atoms with Gasteiger partial charge in [0.15, 0.2) is 0 Å². The van der Waals surface area contributed by atoms with Crippen LogP contribution in [0.15, 0.2) is 5.10 Å². The van der Waals surface area contributed by atoms with Crippen molar-refractivity contribution in [3.8, 4) is 0 Å². The largest absolute Gasteiger partial charge is 0.444 e. The number of hydrazone groups is 1. The van der Waals surface area contributed by atoms with Crippen molar-refractivity contribution in [2.24, 2.45) is 5.10 Å². The highest BCUT2D eigenvalue weighted by Gasteiger charge is 2.14. The van der Waals surface area contributed by atoms with Crippen molar-refractivity contribution in [1.29, 1.82) is 0 Å². The molecule has 0 fully saturated rings. The van der Waals surface area contributed by atoms with Crippen LogP contribution in [0.5, 0.6) is 0 Å². The number of carbonyl (C=O) groups excluding carboxylic acids is 1. The normalized spacial score (nSPS) is 11.4. The summed E-state index contributed by atoms with van der Waals surface area (Å²) in [5.41, 5.74) is 2.11. The SMILES string of the molecule is CN/N=C/CNC(=O)OC(C)(C)C. The number of nitrogens with zero attached hydrogens (tertiary/aromatic N) is 1. The van der Waals surface area contributed by atoms with Gasteiger partial charge in [0.2, 0.25) is 0 Å². The lowest BCUT2D eigenvalue weighted by atomic mass is 10.2. The first-order valence-electron chi connectivity index (χ1n) is 4.11. The lowest BCUT2D eigenvalue weighted by molar-refractivity contribution is 0.0536. The van der Waals surface area contributed by atoms with Crippen LogP contribution in [0.4, 0.5) is 4.79 Å². The highest BCUT2D eigenvalue weighted by molar-refractivity contribution is 5.72. The molecule has 0 aliphatic heterocycles. The van der Waals surface area contributed by atoms with Crippen LogP contribution in [0.1, 0.15) is 20.8 Å². The van der Waals surface area contributed by atoms with E-state index in [4.69, 9.17) is 4.74 Å². The number of alkyl carbamates (subject to hydrolysis) is 1. The predicted molar refractivity (Wildman–Crippen MR) is 51.8 cm³/mol. The van der Waals surface area contributed by atoms with Crippen molar-refractivity contribution in [2.45, 2.75) is 26.4 Å². The second-order valence-corrected chi connectivity index (χ2v) is 3.42. The molecule has 0 unspecified atom stereocenters. The lowest BCUT2D eigenvalue weighted by Crippen LogP contribution is -2.33. The van der Waals surface area contributed by atoms with Gasteiger partial charge in [-0.15, -0.1) is 0 Å². The Morgan fingerprint density at radius 3 is 2.62 bits per heavy atom. The van der Waals surface area contributed by atoms with Crippen LogP contribution in [0.25, 0.3) is 0 Å². The van der Waals surface area contributed by atoms with Gasteiger partial charge in [0.25, 0.3) is 0 Å². The zero-order valence-corrected chi connectivity index (χ0v) is 8.55. The highest BCUT2D eigenvalue weighted by Crippen LogP contribution is 2.05. The van der Waals surface area contributed by atoms with E-state index in [0.29, 0.717) is 6.54 Å². The summed E-state index contributed by atoms with van der Waals surface area (Å²) in [5.74, 6) is 0. The third-order valence-corrected chi connectivity index (χ3v) is 0.957. The third-order valence-electron chi connectivity index (χ3n) is 0.957. The molecule has 0 heterocycles. The molecule has 0 aromatic carbocycles. The summed E-state index contributed by atoms with van der Waals surface area (Å²) in [4.78, 5) is 11.0. The Morgan fingerprint density at radius 2 is 2.15 bits per heavy atom. The van der Waals surface area contributed by atoms with E-state index in [-0.39, 0.29) is 0 Å². The molecule has 0 rings (SSSR count). The molecule has 0 spiro atoms. The Balaban J connectivity index is 3.58. The fourth-order valence-corrected chi connectivity index (χ4v) is 0.580. The molecule has 0 atom stereocenters. The summed E-state index contributed by atoms with van der Waals surface area (Å²) in [7, 11) is 1.68. The summed E-state index contributed by atoms with van der Waals surface area (Å²) in [6.45, 7) is 5.80. The van der Waals surface area contributed by atoms with E-state index >= 15 is 0 Å². The van der Waals surface area contributed by atoms with Crippen molar-refractivity contribution in [3.63, 3.8) is 0 Å². The fourth-order valence-electron chi connectivity index (χ4n) is 0.580. The number of carbonyl (C=O) groups is 1. The Kier molecular flexibility index (Phi) is 4.87. The average molecular weight is 187 g/mol. The van der Waals surface area contributed by atoms with Gasteiger partial charge in [0.1, 0.15) is 5.60 Å². The fraction of sp³-hybridized carbons (Fsp3) is 0.750. The molecule has 0 bridgehead atoms.